The second-order valence-electron chi connectivity index (χ2n) is 18.1. The van der Waals surface area contributed by atoms with Crippen LogP contribution in [0.15, 0.2) is 72.9 Å². The topological polar surface area (TPSA) is 175 Å². The van der Waals surface area contributed by atoms with Crippen LogP contribution in [0.4, 0.5) is 0 Å². The average molecular weight is 971 g/mol. The third kappa shape index (κ3) is 35.8. The van der Waals surface area contributed by atoms with Gasteiger partial charge in [0.1, 0.15) is 18.8 Å². The largest absolute Gasteiger partial charge is 0.479 e. The minimum atomic E-state index is -1.92. The van der Waals surface area contributed by atoms with E-state index >= 15 is 0 Å². The molecule has 1 heterocycles. The van der Waals surface area contributed by atoms with Crippen molar-refractivity contribution in [2.24, 2.45) is 0 Å². The molecule has 394 valence electrons. The molecule has 0 radical (unpaired) electrons. The molecular formula is C57H94O12. The summed E-state index contributed by atoms with van der Waals surface area (Å²) in [6.07, 6.45) is 43.4. The summed E-state index contributed by atoms with van der Waals surface area (Å²) in [6, 6.07) is 0. The van der Waals surface area contributed by atoms with Gasteiger partial charge in [0, 0.05) is 19.3 Å². The smallest absolute Gasteiger partial charge is 0.335 e. The van der Waals surface area contributed by atoms with Crippen LogP contribution in [0.1, 0.15) is 213 Å². The van der Waals surface area contributed by atoms with Crippen LogP contribution in [-0.4, -0.2) is 89.2 Å². The zero-order valence-corrected chi connectivity index (χ0v) is 43.0. The SMILES string of the molecule is CC/C=C\C/C=C\C/C=C\C/C=C\CCC(=O)OC(COC(=O)CCCCCCC/C=C\CCCCCCCC)COC1OC(C(=O)O)C(O)C(O)C1OC(=O)CCCCCCC/C=C\CCCC. The van der Waals surface area contributed by atoms with E-state index in [2.05, 4.69) is 81.5 Å². The van der Waals surface area contributed by atoms with Gasteiger partial charge in [0.2, 0.25) is 0 Å². The number of aliphatic hydroxyl groups is 2. The van der Waals surface area contributed by atoms with Crippen LogP contribution in [-0.2, 0) is 42.9 Å². The fourth-order valence-electron chi connectivity index (χ4n) is 7.59. The molecule has 0 aliphatic carbocycles. The number of hydrogen-bond donors (Lipinski definition) is 3. The van der Waals surface area contributed by atoms with Gasteiger partial charge >= 0.3 is 23.9 Å². The van der Waals surface area contributed by atoms with E-state index in [4.69, 9.17) is 23.7 Å². The fourth-order valence-corrected chi connectivity index (χ4v) is 7.59. The molecule has 0 aromatic rings. The van der Waals surface area contributed by atoms with Crippen molar-refractivity contribution in [3.8, 4) is 0 Å². The Balaban J connectivity index is 2.77. The number of hydrogen-bond acceptors (Lipinski definition) is 11. The lowest BCUT2D eigenvalue weighted by Crippen LogP contribution is -2.61. The second-order valence-corrected chi connectivity index (χ2v) is 18.1. The van der Waals surface area contributed by atoms with Gasteiger partial charge in [0.25, 0.3) is 0 Å². The van der Waals surface area contributed by atoms with Crippen LogP contribution in [0.2, 0.25) is 0 Å². The number of aliphatic hydroxyl groups excluding tert-OH is 2. The van der Waals surface area contributed by atoms with E-state index in [9.17, 15) is 34.5 Å². The molecule has 12 heteroatoms. The van der Waals surface area contributed by atoms with Gasteiger partial charge in [-0.15, -0.1) is 0 Å². The van der Waals surface area contributed by atoms with E-state index in [1.54, 1.807) is 0 Å². The van der Waals surface area contributed by atoms with Crippen molar-refractivity contribution in [3.63, 3.8) is 0 Å². The molecule has 1 fully saturated rings. The minimum Gasteiger partial charge on any atom is -0.479 e. The number of esters is 3. The number of allylic oxidation sites excluding steroid dienone is 12. The van der Waals surface area contributed by atoms with E-state index in [1.807, 2.05) is 12.2 Å². The van der Waals surface area contributed by atoms with Gasteiger partial charge in [-0.2, -0.15) is 0 Å². The number of carbonyl (C=O) groups is 4. The summed E-state index contributed by atoms with van der Waals surface area (Å²) in [5.74, 6) is -3.26. The predicted molar refractivity (Wildman–Crippen MR) is 275 cm³/mol. The normalized spacial score (nSPS) is 19.2. The lowest BCUT2D eigenvalue weighted by molar-refractivity contribution is -0.301. The quantitative estimate of drug-likeness (QED) is 0.0228. The minimum absolute atomic E-state index is 0.0375. The average Bonchev–Trinajstić information content (AvgIpc) is 3.33. The number of ether oxygens (including phenoxy) is 5. The van der Waals surface area contributed by atoms with E-state index in [0.717, 1.165) is 96.3 Å². The van der Waals surface area contributed by atoms with Crippen molar-refractivity contribution in [3.05, 3.63) is 72.9 Å². The zero-order chi connectivity index (χ0) is 50.4. The summed E-state index contributed by atoms with van der Waals surface area (Å²) in [6.45, 7) is 5.73. The highest BCUT2D eigenvalue weighted by Gasteiger charge is 2.50. The van der Waals surface area contributed by atoms with Gasteiger partial charge in [-0.3, -0.25) is 14.4 Å². The molecule has 0 aromatic carbocycles. The molecule has 1 aliphatic heterocycles. The van der Waals surface area contributed by atoms with Gasteiger partial charge in [0.05, 0.1) is 6.61 Å². The zero-order valence-electron chi connectivity index (χ0n) is 43.0. The first-order valence-electron chi connectivity index (χ1n) is 26.9. The number of carboxylic acid groups (broad SMARTS) is 1. The maximum Gasteiger partial charge on any atom is 0.335 e. The van der Waals surface area contributed by atoms with Crippen LogP contribution < -0.4 is 0 Å². The Labute approximate surface area is 417 Å². The first-order chi connectivity index (χ1) is 33.6. The second kappa shape index (κ2) is 45.3. The predicted octanol–water partition coefficient (Wildman–Crippen LogP) is 13.0. The van der Waals surface area contributed by atoms with Gasteiger partial charge in [0.15, 0.2) is 24.6 Å². The van der Waals surface area contributed by atoms with Crippen LogP contribution in [0.5, 0.6) is 0 Å². The Bertz CT molecular complexity index is 1480. The molecule has 1 aliphatic rings. The molecule has 0 bridgehead atoms. The molecule has 0 spiro atoms. The van der Waals surface area contributed by atoms with Crippen molar-refractivity contribution < 1.29 is 58.2 Å². The monoisotopic (exact) mass is 971 g/mol. The Hall–Kier alpha value is -3.84. The number of carbonyl (C=O) groups excluding carboxylic acids is 3. The summed E-state index contributed by atoms with van der Waals surface area (Å²) >= 11 is 0. The van der Waals surface area contributed by atoms with Crippen molar-refractivity contribution in [2.75, 3.05) is 13.2 Å². The molecule has 69 heavy (non-hydrogen) atoms. The molecule has 6 atom stereocenters. The summed E-state index contributed by atoms with van der Waals surface area (Å²) in [7, 11) is 0. The molecule has 12 nitrogen and oxygen atoms in total. The van der Waals surface area contributed by atoms with Gasteiger partial charge in [-0.1, -0.05) is 177 Å². The number of rotatable bonds is 44. The van der Waals surface area contributed by atoms with Crippen LogP contribution in [0.3, 0.4) is 0 Å². The third-order valence-corrected chi connectivity index (χ3v) is 11.8. The van der Waals surface area contributed by atoms with E-state index in [1.165, 1.54) is 51.4 Å². The summed E-state index contributed by atoms with van der Waals surface area (Å²) in [4.78, 5) is 50.8. The fraction of sp³-hybridized carbons (Fsp3) is 0.719. The Morgan fingerprint density at radius 2 is 0.957 bits per heavy atom. The Morgan fingerprint density at radius 3 is 1.49 bits per heavy atom. The first-order valence-corrected chi connectivity index (χ1v) is 26.9. The third-order valence-electron chi connectivity index (χ3n) is 11.8. The maximum absolute atomic E-state index is 13.0. The van der Waals surface area contributed by atoms with Crippen LogP contribution in [0, 0.1) is 0 Å². The van der Waals surface area contributed by atoms with Gasteiger partial charge in [-0.25, -0.2) is 4.79 Å². The highest BCUT2D eigenvalue weighted by Crippen LogP contribution is 2.26. The van der Waals surface area contributed by atoms with E-state index in [0.29, 0.717) is 25.7 Å². The molecule has 6 unspecified atom stereocenters. The van der Waals surface area contributed by atoms with E-state index in [-0.39, 0.29) is 25.9 Å². The number of carboxylic acids is 1. The lowest BCUT2D eigenvalue weighted by Gasteiger charge is -2.40. The standard InChI is InChI=1S/C57H94O12/c1-4-7-10-13-16-19-22-24-25-27-29-31-34-37-40-43-49(58)65-46-48(67-50(59)44-41-38-35-33-30-26-23-20-17-14-11-8-5-2)47-66-57-55(53(62)52(61)54(69-57)56(63)64)68-51(60)45-42-39-36-32-28-21-18-15-12-9-6-3/h8,11,15,17-18,20,24-26,30,35,38,48,52-55,57,61-62H,4-7,9-10,12-14,16,19,21-23,27-29,31-34,36-37,39-47H2,1-3H3,(H,63,64)/b11-8-,18-15-,20-17-,25-24-,30-26-,38-35-. The summed E-state index contributed by atoms with van der Waals surface area (Å²) in [5, 5.41) is 31.3. The molecule has 3 N–H and O–H groups in total. The lowest BCUT2D eigenvalue weighted by atomic mass is 9.98. The van der Waals surface area contributed by atoms with Crippen molar-refractivity contribution >= 4 is 23.9 Å². The molecule has 0 amide bonds. The molecular weight excluding hydrogens is 877 g/mol. The maximum atomic E-state index is 13.0. The molecule has 1 rings (SSSR count). The van der Waals surface area contributed by atoms with Crippen molar-refractivity contribution in [2.45, 2.75) is 250 Å². The van der Waals surface area contributed by atoms with Crippen molar-refractivity contribution in [1.29, 1.82) is 0 Å². The highest BCUT2D eigenvalue weighted by molar-refractivity contribution is 5.74. The van der Waals surface area contributed by atoms with Gasteiger partial charge in [-0.05, 0) is 89.9 Å². The molecule has 0 aromatic heterocycles. The Kier molecular flexibility index (Phi) is 41.5. The molecule has 1 saturated heterocycles. The highest BCUT2D eigenvalue weighted by atomic mass is 16.7. The van der Waals surface area contributed by atoms with Crippen molar-refractivity contribution in [1.82, 2.24) is 0 Å². The molecule has 0 saturated carbocycles. The number of aliphatic carboxylic acids is 1. The van der Waals surface area contributed by atoms with Crippen LogP contribution >= 0.6 is 0 Å². The van der Waals surface area contributed by atoms with Crippen LogP contribution in [0.25, 0.3) is 0 Å². The van der Waals surface area contributed by atoms with E-state index < -0.39 is 67.3 Å². The van der Waals surface area contributed by atoms with Gasteiger partial charge < -0.3 is 39.0 Å². The summed E-state index contributed by atoms with van der Waals surface area (Å²) in [5.41, 5.74) is 0. The summed E-state index contributed by atoms with van der Waals surface area (Å²) < 4.78 is 28.2. The Morgan fingerprint density at radius 1 is 0.493 bits per heavy atom. The number of unbranched alkanes of at least 4 members (excludes halogenated alkanes) is 18. The first kappa shape index (κ1) is 63.2.